The van der Waals surface area contributed by atoms with Gasteiger partial charge in [-0.2, -0.15) is 0 Å². The molecule has 1 N–H and O–H groups in total. The molecule has 0 amide bonds. The number of aromatic hydroxyl groups is 1. The zero-order chi connectivity index (χ0) is 16.7. The van der Waals surface area contributed by atoms with Gasteiger partial charge in [0.25, 0.3) is 5.56 Å². The number of imidazole rings is 1. The molecule has 124 valence electrons. The summed E-state index contributed by atoms with van der Waals surface area (Å²) in [6, 6.07) is 7.48. The molecule has 6 heteroatoms. The SMILES string of the molecule is C=CCc1c(O)n(CC2CCCO2)c2nc3ccccc3n2c1=O. The van der Waals surface area contributed by atoms with Crippen molar-refractivity contribution in [1.82, 2.24) is 14.0 Å². The van der Waals surface area contributed by atoms with Gasteiger partial charge in [0, 0.05) is 13.0 Å². The summed E-state index contributed by atoms with van der Waals surface area (Å²) in [6.07, 6.45) is 3.90. The number of aromatic nitrogens is 3. The Kier molecular flexibility index (Phi) is 3.61. The molecule has 0 saturated carbocycles. The summed E-state index contributed by atoms with van der Waals surface area (Å²) < 4.78 is 8.96. The van der Waals surface area contributed by atoms with Gasteiger partial charge in [0.1, 0.15) is 0 Å². The molecule has 0 aliphatic carbocycles. The second kappa shape index (κ2) is 5.79. The highest BCUT2D eigenvalue weighted by Gasteiger charge is 2.23. The van der Waals surface area contributed by atoms with Crippen molar-refractivity contribution < 1.29 is 9.84 Å². The van der Waals surface area contributed by atoms with Crippen LogP contribution in [0.3, 0.4) is 0 Å². The summed E-state index contributed by atoms with van der Waals surface area (Å²) in [7, 11) is 0. The third-order valence-electron chi connectivity index (χ3n) is 4.53. The Labute approximate surface area is 138 Å². The molecule has 2 aromatic heterocycles. The highest BCUT2D eigenvalue weighted by molar-refractivity contribution is 5.79. The van der Waals surface area contributed by atoms with E-state index in [4.69, 9.17) is 4.74 Å². The standard InChI is InChI=1S/C18H19N3O3/c1-2-6-13-16(22)20(11-12-7-5-10-24-12)18-19-14-8-3-4-9-15(14)21(18)17(13)23/h2-4,8-9,12,22H,1,5-7,10-11H2. The zero-order valence-electron chi connectivity index (χ0n) is 13.3. The van der Waals surface area contributed by atoms with Crippen molar-refractivity contribution >= 4 is 16.8 Å². The van der Waals surface area contributed by atoms with Crippen LogP contribution < -0.4 is 5.56 Å². The highest BCUT2D eigenvalue weighted by atomic mass is 16.5. The maximum atomic E-state index is 12.9. The topological polar surface area (TPSA) is 68.8 Å². The van der Waals surface area contributed by atoms with Gasteiger partial charge in [0.15, 0.2) is 0 Å². The first-order valence-corrected chi connectivity index (χ1v) is 8.15. The third-order valence-corrected chi connectivity index (χ3v) is 4.53. The van der Waals surface area contributed by atoms with Gasteiger partial charge in [-0.3, -0.25) is 9.36 Å². The van der Waals surface area contributed by atoms with Gasteiger partial charge >= 0.3 is 0 Å². The summed E-state index contributed by atoms with van der Waals surface area (Å²) in [5.41, 5.74) is 1.55. The smallest absolute Gasteiger partial charge is 0.266 e. The van der Waals surface area contributed by atoms with Crippen molar-refractivity contribution in [3.8, 4) is 5.88 Å². The van der Waals surface area contributed by atoms with E-state index in [9.17, 15) is 9.90 Å². The molecule has 1 aliphatic heterocycles. The van der Waals surface area contributed by atoms with E-state index in [1.165, 1.54) is 0 Å². The molecule has 1 unspecified atom stereocenters. The fraction of sp³-hybridized carbons (Fsp3) is 0.333. The molecule has 3 heterocycles. The van der Waals surface area contributed by atoms with E-state index in [-0.39, 0.29) is 17.5 Å². The van der Waals surface area contributed by atoms with E-state index in [0.717, 1.165) is 30.5 Å². The Morgan fingerprint density at radius 2 is 2.25 bits per heavy atom. The molecule has 3 aromatic rings. The molecule has 6 nitrogen and oxygen atoms in total. The van der Waals surface area contributed by atoms with Crippen LogP contribution in [0.2, 0.25) is 0 Å². The van der Waals surface area contributed by atoms with Crippen LogP contribution in [0.5, 0.6) is 5.88 Å². The minimum atomic E-state index is -0.250. The van der Waals surface area contributed by atoms with Gasteiger partial charge in [-0.05, 0) is 25.0 Å². The first kappa shape index (κ1) is 15.0. The molecule has 1 aromatic carbocycles. The van der Waals surface area contributed by atoms with Crippen LogP contribution in [0.4, 0.5) is 0 Å². The second-order valence-corrected chi connectivity index (χ2v) is 6.08. The van der Waals surface area contributed by atoms with Crippen LogP contribution in [0, 0.1) is 0 Å². The lowest BCUT2D eigenvalue weighted by Crippen LogP contribution is -2.25. The second-order valence-electron chi connectivity index (χ2n) is 6.08. The Morgan fingerprint density at radius 3 is 3.00 bits per heavy atom. The fourth-order valence-electron chi connectivity index (χ4n) is 3.37. The molecule has 0 radical (unpaired) electrons. The Morgan fingerprint density at radius 1 is 1.42 bits per heavy atom. The van der Waals surface area contributed by atoms with Gasteiger partial charge in [-0.15, -0.1) is 6.58 Å². The number of fused-ring (bicyclic) bond motifs is 3. The van der Waals surface area contributed by atoms with Crippen molar-refractivity contribution in [2.45, 2.75) is 31.9 Å². The molecule has 4 rings (SSSR count). The summed E-state index contributed by atoms with van der Waals surface area (Å²) in [5.74, 6) is 0.403. The van der Waals surface area contributed by atoms with E-state index >= 15 is 0 Å². The summed E-state index contributed by atoms with van der Waals surface area (Å²) in [5, 5.41) is 10.7. The summed E-state index contributed by atoms with van der Waals surface area (Å²) in [6.45, 7) is 4.90. The maximum Gasteiger partial charge on any atom is 0.266 e. The number of para-hydroxylation sites is 2. The summed E-state index contributed by atoms with van der Waals surface area (Å²) >= 11 is 0. The van der Waals surface area contributed by atoms with E-state index in [0.29, 0.717) is 24.3 Å². The number of benzene rings is 1. The maximum absolute atomic E-state index is 12.9. The molecular formula is C18H19N3O3. The van der Waals surface area contributed by atoms with Crippen LogP contribution in [-0.4, -0.2) is 31.8 Å². The largest absolute Gasteiger partial charge is 0.494 e. The summed E-state index contributed by atoms with van der Waals surface area (Å²) in [4.78, 5) is 17.4. The zero-order valence-corrected chi connectivity index (χ0v) is 13.3. The van der Waals surface area contributed by atoms with Crippen LogP contribution in [0.25, 0.3) is 16.8 Å². The minimum absolute atomic E-state index is 0.0265. The molecule has 1 fully saturated rings. The van der Waals surface area contributed by atoms with Gasteiger partial charge < -0.3 is 9.84 Å². The number of ether oxygens (including phenoxy) is 1. The number of allylic oxidation sites excluding steroid dienone is 1. The number of hydrogen-bond donors (Lipinski definition) is 1. The minimum Gasteiger partial charge on any atom is -0.494 e. The van der Waals surface area contributed by atoms with Gasteiger partial charge in [-0.1, -0.05) is 18.2 Å². The lowest BCUT2D eigenvalue weighted by Gasteiger charge is -2.17. The molecule has 24 heavy (non-hydrogen) atoms. The monoisotopic (exact) mass is 325 g/mol. The Balaban J connectivity index is 2.04. The van der Waals surface area contributed by atoms with Gasteiger partial charge in [0.05, 0.1) is 29.2 Å². The number of nitrogens with zero attached hydrogens (tertiary/aromatic N) is 3. The van der Waals surface area contributed by atoms with Crippen LogP contribution >= 0.6 is 0 Å². The van der Waals surface area contributed by atoms with E-state index in [1.807, 2.05) is 24.3 Å². The quantitative estimate of drug-likeness (QED) is 0.747. The Bertz CT molecular complexity index is 980. The fourth-order valence-corrected chi connectivity index (χ4v) is 3.37. The van der Waals surface area contributed by atoms with E-state index < -0.39 is 0 Å². The lowest BCUT2D eigenvalue weighted by atomic mass is 10.2. The lowest BCUT2D eigenvalue weighted by molar-refractivity contribution is 0.0953. The van der Waals surface area contributed by atoms with Crippen LogP contribution in [-0.2, 0) is 17.7 Å². The highest BCUT2D eigenvalue weighted by Crippen LogP contribution is 2.24. The van der Waals surface area contributed by atoms with Crippen LogP contribution in [0.15, 0.2) is 41.7 Å². The third kappa shape index (κ3) is 2.22. The molecule has 1 aliphatic rings. The predicted molar refractivity (Wildman–Crippen MR) is 91.5 cm³/mol. The molecule has 1 atom stereocenters. The molecule has 1 saturated heterocycles. The van der Waals surface area contributed by atoms with Crippen molar-refractivity contribution in [1.29, 1.82) is 0 Å². The predicted octanol–water partition coefficient (Wildman–Crippen LogP) is 2.26. The first-order chi connectivity index (χ1) is 11.7. The normalized spacial score (nSPS) is 17.8. The van der Waals surface area contributed by atoms with Crippen molar-refractivity contribution in [3.63, 3.8) is 0 Å². The van der Waals surface area contributed by atoms with Crippen molar-refractivity contribution in [2.75, 3.05) is 6.61 Å². The molecular weight excluding hydrogens is 306 g/mol. The van der Waals surface area contributed by atoms with Gasteiger partial charge in [0.2, 0.25) is 11.7 Å². The van der Waals surface area contributed by atoms with E-state index in [2.05, 4.69) is 11.6 Å². The molecule has 0 spiro atoms. The average molecular weight is 325 g/mol. The number of hydrogen-bond acceptors (Lipinski definition) is 4. The first-order valence-electron chi connectivity index (χ1n) is 8.15. The van der Waals surface area contributed by atoms with Crippen molar-refractivity contribution in [2.24, 2.45) is 0 Å². The Hall–Kier alpha value is -2.60. The average Bonchev–Trinajstić information content (AvgIpc) is 3.22. The molecule has 0 bridgehead atoms. The number of rotatable bonds is 4. The van der Waals surface area contributed by atoms with E-state index in [1.54, 1.807) is 15.0 Å². The van der Waals surface area contributed by atoms with Gasteiger partial charge in [-0.25, -0.2) is 9.38 Å². The van der Waals surface area contributed by atoms with Crippen LogP contribution in [0.1, 0.15) is 18.4 Å². The van der Waals surface area contributed by atoms with Crippen molar-refractivity contribution in [3.05, 3.63) is 52.8 Å².